The number of hydrogen-bond acceptors (Lipinski definition) is 4. The van der Waals surface area contributed by atoms with Crippen LogP contribution in [0, 0.1) is 11.8 Å². The van der Waals surface area contributed by atoms with Gasteiger partial charge in [0.1, 0.15) is 0 Å². The predicted molar refractivity (Wildman–Crippen MR) is 77.5 cm³/mol. The molecule has 5 nitrogen and oxygen atoms in total. The number of rotatable bonds is 9. The number of carbonyl (C=O) groups is 1. The van der Waals surface area contributed by atoms with Gasteiger partial charge in [0, 0.05) is 13.1 Å². The summed E-state index contributed by atoms with van der Waals surface area (Å²) in [5, 5.41) is 0. The van der Waals surface area contributed by atoms with Gasteiger partial charge in [0.25, 0.3) is 0 Å². The first-order valence-electron chi connectivity index (χ1n) is 6.95. The summed E-state index contributed by atoms with van der Waals surface area (Å²) in [5.41, 5.74) is -0.529. The molecule has 0 unspecified atom stereocenters. The molecule has 0 heterocycles. The third-order valence-electron chi connectivity index (χ3n) is 2.42. The Hall–Kier alpha value is -0.380. The van der Waals surface area contributed by atoms with E-state index in [9.17, 15) is 9.36 Å². The number of nitrogens with zero attached hydrogens (tertiary/aromatic N) is 1. The third-order valence-corrected chi connectivity index (χ3v) is 4.15. The standard InChI is InChI=1S/C13H28NO4P/c1-7-14(8-2)13(15)19(16,17-9-11(3)4)18-10-12(5)6/h11-12H,7-10H2,1-6H3. The zero-order chi connectivity index (χ0) is 15.1. The third kappa shape index (κ3) is 6.55. The summed E-state index contributed by atoms with van der Waals surface area (Å²) < 4.78 is 23.3. The lowest BCUT2D eigenvalue weighted by Gasteiger charge is -2.25. The van der Waals surface area contributed by atoms with Gasteiger partial charge >= 0.3 is 13.2 Å². The molecule has 0 radical (unpaired) electrons. The molecule has 0 atom stereocenters. The molecule has 19 heavy (non-hydrogen) atoms. The summed E-state index contributed by atoms with van der Waals surface area (Å²) in [7, 11) is -3.72. The highest BCUT2D eigenvalue weighted by molar-refractivity contribution is 7.71. The fraction of sp³-hybridized carbons (Fsp3) is 0.923. The summed E-state index contributed by atoms with van der Waals surface area (Å²) >= 11 is 0. The van der Waals surface area contributed by atoms with E-state index in [4.69, 9.17) is 9.05 Å². The van der Waals surface area contributed by atoms with Crippen molar-refractivity contribution in [3.8, 4) is 0 Å². The molecule has 0 bridgehead atoms. The van der Waals surface area contributed by atoms with Crippen LogP contribution in [-0.4, -0.2) is 36.9 Å². The average Bonchev–Trinajstić information content (AvgIpc) is 2.35. The number of carbonyl (C=O) groups excluding carboxylic acids is 1. The first kappa shape index (κ1) is 18.6. The zero-order valence-corrected chi connectivity index (χ0v) is 13.9. The zero-order valence-electron chi connectivity index (χ0n) is 13.0. The molecule has 114 valence electrons. The van der Waals surface area contributed by atoms with Crippen molar-refractivity contribution in [2.45, 2.75) is 41.5 Å². The van der Waals surface area contributed by atoms with Crippen LogP contribution in [0.4, 0.5) is 4.79 Å². The van der Waals surface area contributed by atoms with Crippen LogP contribution >= 0.6 is 7.60 Å². The smallest absolute Gasteiger partial charge is 0.333 e. The molecular formula is C13H28NO4P. The van der Waals surface area contributed by atoms with E-state index in [0.29, 0.717) is 13.1 Å². The Balaban J connectivity index is 4.91. The summed E-state index contributed by atoms with van der Waals surface area (Å²) in [6.45, 7) is 12.9. The van der Waals surface area contributed by atoms with E-state index < -0.39 is 13.2 Å². The van der Waals surface area contributed by atoms with Gasteiger partial charge in [-0.25, -0.2) is 4.57 Å². The number of amides is 1. The monoisotopic (exact) mass is 293 g/mol. The van der Waals surface area contributed by atoms with E-state index in [0.717, 1.165) is 0 Å². The molecule has 0 spiro atoms. The van der Waals surface area contributed by atoms with Crippen LogP contribution < -0.4 is 0 Å². The second-order valence-corrected chi connectivity index (χ2v) is 7.23. The molecule has 0 fully saturated rings. The van der Waals surface area contributed by atoms with E-state index >= 15 is 0 Å². The molecular weight excluding hydrogens is 265 g/mol. The molecule has 0 N–H and O–H groups in total. The van der Waals surface area contributed by atoms with E-state index in [-0.39, 0.29) is 25.0 Å². The van der Waals surface area contributed by atoms with Crippen LogP contribution in [-0.2, 0) is 13.6 Å². The summed E-state index contributed by atoms with van der Waals surface area (Å²) in [5.74, 6) is 0.390. The molecule has 0 saturated heterocycles. The van der Waals surface area contributed by atoms with Crippen LogP contribution in [0.2, 0.25) is 0 Å². The van der Waals surface area contributed by atoms with Gasteiger partial charge in [0.05, 0.1) is 13.2 Å². The van der Waals surface area contributed by atoms with Gasteiger partial charge in [-0.3, -0.25) is 4.79 Å². The lowest BCUT2D eigenvalue weighted by Crippen LogP contribution is -2.30. The maximum absolute atomic E-state index is 12.6. The van der Waals surface area contributed by atoms with E-state index in [2.05, 4.69) is 0 Å². The minimum absolute atomic E-state index is 0.195. The molecule has 6 heteroatoms. The Morgan fingerprint density at radius 2 is 1.37 bits per heavy atom. The van der Waals surface area contributed by atoms with Crippen molar-refractivity contribution >= 4 is 13.2 Å². The summed E-state index contributed by atoms with van der Waals surface area (Å²) in [4.78, 5) is 13.8. The molecule has 0 aromatic rings. The second-order valence-electron chi connectivity index (χ2n) is 5.33. The summed E-state index contributed by atoms with van der Waals surface area (Å²) in [6, 6.07) is 0. The SMILES string of the molecule is CCN(CC)C(=O)P(=O)(OCC(C)C)OCC(C)C. The molecule has 0 aliphatic heterocycles. The highest BCUT2D eigenvalue weighted by Gasteiger charge is 2.38. The molecule has 0 rings (SSSR count). The fourth-order valence-corrected chi connectivity index (χ4v) is 3.22. The van der Waals surface area contributed by atoms with Crippen molar-refractivity contribution in [2.75, 3.05) is 26.3 Å². The quantitative estimate of drug-likeness (QED) is 0.603. The minimum Gasteiger partial charge on any atom is -0.333 e. The molecule has 1 amide bonds. The van der Waals surface area contributed by atoms with Crippen molar-refractivity contribution in [3.05, 3.63) is 0 Å². The van der Waals surface area contributed by atoms with Crippen LogP contribution in [0.5, 0.6) is 0 Å². The van der Waals surface area contributed by atoms with E-state index in [1.807, 2.05) is 41.5 Å². The van der Waals surface area contributed by atoms with Crippen LogP contribution in [0.25, 0.3) is 0 Å². The van der Waals surface area contributed by atoms with E-state index in [1.165, 1.54) is 4.90 Å². The van der Waals surface area contributed by atoms with Gasteiger partial charge in [-0.05, 0) is 25.7 Å². The fourth-order valence-electron chi connectivity index (χ4n) is 1.31. The molecule has 0 aromatic heterocycles. The van der Waals surface area contributed by atoms with E-state index in [1.54, 1.807) is 0 Å². The van der Waals surface area contributed by atoms with Crippen molar-refractivity contribution in [2.24, 2.45) is 11.8 Å². The van der Waals surface area contributed by atoms with Crippen LogP contribution in [0.15, 0.2) is 0 Å². The summed E-state index contributed by atoms with van der Waals surface area (Å²) in [6.07, 6.45) is 0. The van der Waals surface area contributed by atoms with Gasteiger partial charge in [0.2, 0.25) is 0 Å². The Bertz CT molecular complexity index is 298. The Kier molecular flexibility index (Phi) is 8.55. The molecule has 0 aromatic carbocycles. The Labute approximate surface area is 117 Å². The van der Waals surface area contributed by atoms with Gasteiger partial charge in [-0.1, -0.05) is 27.7 Å². The van der Waals surface area contributed by atoms with Gasteiger partial charge in [0.15, 0.2) is 0 Å². The number of hydrogen-bond donors (Lipinski definition) is 0. The first-order valence-corrected chi connectivity index (χ1v) is 8.49. The highest BCUT2D eigenvalue weighted by atomic mass is 31.2. The Morgan fingerprint density at radius 3 is 1.63 bits per heavy atom. The minimum atomic E-state index is -3.72. The predicted octanol–water partition coefficient (Wildman–Crippen LogP) is 3.99. The van der Waals surface area contributed by atoms with Crippen molar-refractivity contribution < 1.29 is 18.4 Å². The van der Waals surface area contributed by atoms with Gasteiger partial charge < -0.3 is 13.9 Å². The lowest BCUT2D eigenvalue weighted by molar-refractivity contribution is 0.161. The second kappa shape index (κ2) is 8.72. The van der Waals surface area contributed by atoms with Gasteiger partial charge in [-0.2, -0.15) is 0 Å². The topological polar surface area (TPSA) is 55.8 Å². The van der Waals surface area contributed by atoms with Crippen LogP contribution in [0.1, 0.15) is 41.5 Å². The molecule has 0 aliphatic carbocycles. The lowest BCUT2D eigenvalue weighted by atomic mass is 10.2. The Morgan fingerprint density at radius 1 is 1.00 bits per heavy atom. The highest BCUT2D eigenvalue weighted by Crippen LogP contribution is 2.51. The molecule has 0 saturated carbocycles. The maximum atomic E-state index is 12.6. The van der Waals surface area contributed by atoms with Crippen molar-refractivity contribution in [1.82, 2.24) is 4.90 Å². The van der Waals surface area contributed by atoms with Crippen molar-refractivity contribution in [1.29, 1.82) is 0 Å². The van der Waals surface area contributed by atoms with Crippen molar-refractivity contribution in [3.63, 3.8) is 0 Å². The first-order chi connectivity index (χ1) is 8.76. The molecule has 0 aliphatic rings. The van der Waals surface area contributed by atoms with Gasteiger partial charge in [-0.15, -0.1) is 0 Å². The normalized spacial score (nSPS) is 12.2. The van der Waals surface area contributed by atoms with Crippen LogP contribution in [0.3, 0.4) is 0 Å². The average molecular weight is 293 g/mol. The maximum Gasteiger partial charge on any atom is 0.418 e. The largest absolute Gasteiger partial charge is 0.418 e.